The second-order valence-corrected chi connectivity index (χ2v) is 4.60. The SMILES string of the molecule is CC(C)(CO)[C@H](N)c1ccc(F)c(C#N)c1O.Cl. The Bertz CT molecular complexity index is 472. The van der Waals surface area contributed by atoms with E-state index in [4.69, 9.17) is 11.0 Å². The second kappa shape index (κ2) is 6.01. The molecule has 1 atom stereocenters. The first-order chi connectivity index (χ1) is 7.85. The van der Waals surface area contributed by atoms with Crippen molar-refractivity contribution in [3.63, 3.8) is 0 Å². The van der Waals surface area contributed by atoms with Crippen LogP contribution in [-0.2, 0) is 0 Å². The first-order valence-electron chi connectivity index (χ1n) is 5.13. The van der Waals surface area contributed by atoms with Crippen LogP contribution in [0.4, 0.5) is 4.39 Å². The number of hydrogen-bond donors (Lipinski definition) is 3. The fraction of sp³-hybridized carbons (Fsp3) is 0.417. The average molecular weight is 275 g/mol. The number of benzene rings is 1. The molecule has 0 saturated heterocycles. The number of phenols is 1. The summed E-state index contributed by atoms with van der Waals surface area (Å²) in [5.41, 5.74) is 5.05. The van der Waals surface area contributed by atoms with Crippen molar-refractivity contribution in [3.05, 3.63) is 29.1 Å². The standard InChI is InChI=1S/C12H15FN2O2.ClH/c1-12(2,6-16)11(15)7-3-4-9(13)8(5-14)10(7)17;/h3-4,11,16-17H,6,15H2,1-2H3;1H/t11-;/m1./s1. The first-order valence-corrected chi connectivity index (χ1v) is 5.13. The fourth-order valence-electron chi connectivity index (χ4n) is 1.46. The van der Waals surface area contributed by atoms with Crippen molar-refractivity contribution in [1.29, 1.82) is 5.26 Å². The van der Waals surface area contributed by atoms with E-state index in [9.17, 15) is 14.6 Å². The van der Waals surface area contributed by atoms with Gasteiger partial charge in [-0.1, -0.05) is 19.9 Å². The minimum Gasteiger partial charge on any atom is -0.506 e. The number of aliphatic hydroxyl groups is 1. The maximum atomic E-state index is 13.2. The molecule has 18 heavy (non-hydrogen) atoms. The maximum Gasteiger partial charge on any atom is 0.144 e. The van der Waals surface area contributed by atoms with E-state index in [2.05, 4.69) is 0 Å². The number of aromatic hydroxyl groups is 1. The zero-order chi connectivity index (χ0) is 13.2. The Morgan fingerprint density at radius 3 is 2.50 bits per heavy atom. The number of nitrogens with two attached hydrogens (primary N) is 1. The van der Waals surface area contributed by atoms with Crippen LogP contribution in [0, 0.1) is 22.6 Å². The monoisotopic (exact) mass is 274 g/mol. The molecule has 0 spiro atoms. The molecule has 0 aliphatic heterocycles. The molecule has 1 rings (SSSR count). The van der Waals surface area contributed by atoms with Crippen molar-refractivity contribution < 1.29 is 14.6 Å². The van der Waals surface area contributed by atoms with E-state index in [0.29, 0.717) is 0 Å². The van der Waals surface area contributed by atoms with Gasteiger partial charge in [0, 0.05) is 23.6 Å². The molecule has 0 aliphatic carbocycles. The predicted octanol–water partition coefficient (Wildman–Crippen LogP) is 1.84. The molecule has 100 valence electrons. The quantitative estimate of drug-likeness (QED) is 0.784. The van der Waals surface area contributed by atoms with Gasteiger partial charge in [0.2, 0.25) is 0 Å². The molecule has 0 radical (unpaired) electrons. The lowest BCUT2D eigenvalue weighted by Crippen LogP contribution is -2.32. The van der Waals surface area contributed by atoms with E-state index in [1.165, 1.54) is 6.07 Å². The summed E-state index contributed by atoms with van der Waals surface area (Å²) < 4.78 is 13.2. The van der Waals surface area contributed by atoms with E-state index in [1.54, 1.807) is 19.9 Å². The molecule has 1 aromatic rings. The molecular weight excluding hydrogens is 259 g/mol. The van der Waals surface area contributed by atoms with Gasteiger partial charge >= 0.3 is 0 Å². The lowest BCUT2D eigenvalue weighted by Gasteiger charge is -2.30. The van der Waals surface area contributed by atoms with Gasteiger partial charge in [0.15, 0.2) is 0 Å². The summed E-state index contributed by atoms with van der Waals surface area (Å²) in [6.07, 6.45) is 0. The number of hydrogen-bond acceptors (Lipinski definition) is 4. The third-order valence-electron chi connectivity index (χ3n) is 2.85. The van der Waals surface area contributed by atoms with Crippen molar-refractivity contribution in [2.75, 3.05) is 6.61 Å². The number of phenolic OH excluding ortho intramolecular Hbond substituents is 1. The Labute approximate surface area is 111 Å². The zero-order valence-electron chi connectivity index (χ0n) is 10.1. The average Bonchev–Trinajstić information content (AvgIpc) is 2.29. The highest BCUT2D eigenvalue weighted by Crippen LogP contribution is 2.37. The maximum absolute atomic E-state index is 13.2. The molecule has 0 aliphatic rings. The Kier molecular flexibility index (Phi) is 5.55. The van der Waals surface area contributed by atoms with Crippen LogP contribution < -0.4 is 5.73 Å². The number of aliphatic hydroxyl groups excluding tert-OH is 1. The predicted molar refractivity (Wildman–Crippen MR) is 67.8 cm³/mol. The molecule has 0 unspecified atom stereocenters. The highest BCUT2D eigenvalue weighted by Gasteiger charge is 2.30. The smallest absolute Gasteiger partial charge is 0.144 e. The second-order valence-electron chi connectivity index (χ2n) is 4.60. The van der Waals surface area contributed by atoms with Crippen molar-refractivity contribution >= 4 is 12.4 Å². The topological polar surface area (TPSA) is 90.3 Å². The van der Waals surface area contributed by atoms with Gasteiger partial charge in [-0.3, -0.25) is 0 Å². The number of nitrogens with zero attached hydrogens (tertiary/aromatic N) is 1. The van der Waals surface area contributed by atoms with Gasteiger partial charge < -0.3 is 15.9 Å². The van der Waals surface area contributed by atoms with Crippen LogP contribution in [0.15, 0.2) is 12.1 Å². The summed E-state index contributed by atoms with van der Waals surface area (Å²) >= 11 is 0. The van der Waals surface area contributed by atoms with Crippen LogP contribution in [-0.4, -0.2) is 16.8 Å². The summed E-state index contributed by atoms with van der Waals surface area (Å²) in [6.45, 7) is 3.24. The van der Waals surface area contributed by atoms with E-state index in [0.717, 1.165) is 6.07 Å². The molecule has 0 fully saturated rings. The van der Waals surface area contributed by atoms with Gasteiger partial charge in [0.1, 0.15) is 23.2 Å². The molecule has 1 aromatic carbocycles. The molecule has 4 nitrogen and oxygen atoms in total. The van der Waals surface area contributed by atoms with Crippen molar-refractivity contribution in [2.24, 2.45) is 11.1 Å². The minimum atomic E-state index is -0.789. The van der Waals surface area contributed by atoms with Crippen molar-refractivity contribution in [3.8, 4) is 11.8 Å². The summed E-state index contributed by atoms with van der Waals surface area (Å²) in [7, 11) is 0. The number of nitriles is 1. The Hall–Kier alpha value is -1.35. The van der Waals surface area contributed by atoms with E-state index < -0.39 is 28.6 Å². The molecule has 0 aromatic heterocycles. The summed E-state index contributed by atoms with van der Waals surface area (Å²) in [5.74, 6) is -1.25. The number of rotatable bonds is 3. The number of halogens is 2. The van der Waals surface area contributed by atoms with Crippen LogP contribution in [0.25, 0.3) is 0 Å². The highest BCUT2D eigenvalue weighted by molar-refractivity contribution is 5.85. The molecule has 0 bridgehead atoms. The van der Waals surface area contributed by atoms with Crippen LogP contribution in [0.5, 0.6) is 5.75 Å². The lowest BCUT2D eigenvalue weighted by atomic mass is 9.81. The normalized spacial score (nSPS) is 12.4. The summed E-state index contributed by atoms with van der Waals surface area (Å²) in [6, 6.07) is 3.30. The van der Waals surface area contributed by atoms with Crippen LogP contribution in [0.2, 0.25) is 0 Å². The minimum absolute atomic E-state index is 0. The first kappa shape index (κ1) is 16.6. The van der Waals surface area contributed by atoms with Gasteiger partial charge in [0.05, 0.1) is 0 Å². The van der Waals surface area contributed by atoms with Crippen molar-refractivity contribution in [2.45, 2.75) is 19.9 Å². The van der Waals surface area contributed by atoms with E-state index >= 15 is 0 Å². The Morgan fingerprint density at radius 2 is 2.06 bits per heavy atom. The molecule has 6 heteroatoms. The van der Waals surface area contributed by atoms with Gasteiger partial charge in [-0.25, -0.2) is 4.39 Å². The third-order valence-corrected chi connectivity index (χ3v) is 2.85. The molecule has 0 saturated carbocycles. The van der Waals surface area contributed by atoms with E-state index in [1.807, 2.05) is 0 Å². The third kappa shape index (κ3) is 2.91. The fourth-order valence-corrected chi connectivity index (χ4v) is 1.46. The highest BCUT2D eigenvalue weighted by atomic mass is 35.5. The van der Waals surface area contributed by atoms with Gasteiger partial charge in [-0.15, -0.1) is 12.4 Å². The van der Waals surface area contributed by atoms with Gasteiger partial charge in [-0.2, -0.15) is 5.26 Å². The molecule has 0 amide bonds. The summed E-state index contributed by atoms with van der Waals surface area (Å²) in [4.78, 5) is 0. The molecule has 4 N–H and O–H groups in total. The lowest BCUT2D eigenvalue weighted by molar-refractivity contribution is 0.131. The summed E-state index contributed by atoms with van der Waals surface area (Å²) in [5, 5.41) is 27.7. The van der Waals surface area contributed by atoms with Gasteiger partial charge in [-0.05, 0) is 6.07 Å². The van der Waals surface area contributed by atoms with Crippen LogP contribution >= 0.6 is 12.4 Å². The zero-order valence-corrected chi connectivity index (χ0v) is 11.0. The Balaban J connectivity index is 0.00000289. The molecule has 0 heterocycles. The van der Waals surface area contributed by atoms with Crippen molar-refractivity contribution in [1.82, 2.24) is 0 Å². The van der Waals surface area contributed by atoms with Gasteiger partial charge in [0.25, 0.3) is 0 Å². The Morgan fingerprint density at radius 1 is 1.50 bits per heavy atom. The van der Waals surface area contributed by atoms with Crippen LogP contribution in [0.1, 0.15) is 31.0 Å². The van der Waals surface area contributed by atoms with Crippen LogP contribution in [0.3, 0.4) is 0 Å². The molecular formula is C12H16ClFN2O2. The largest absolute Gasteiger partial charge is 0.506 e. The van der Waals surface area contributed by atoms with E-state index in [-0.39, 0.29) is 24.6 Å².